The fourth-order valence-electron chi connectivity index (χ4n) is 1.72. The zero-order valence-corrected chi connectivity index (χ0v) is 13.1. The lowest BCUT2D eigenvalue weighted by Gasteiger charge is -2.14. The fourth-order valence-corrected chi connectivity index (χ4v) is 3.25. The third-order valence-electron chi connectivity index (χ3n) is 2.64. The van der Waals surface area contributed by atoms with Gasteiger partial charge < -0.3 is 5.32 Å². The Morgan fingerprint density at radius 1 is 1.24 bits per heavy atom. The minimum Gasteiger partial charge on any atom is -0.312 e. The van der Waals surface area contributed by atoms with Crippen LogP contribution >= 0.6 is 45.5 Å². The van der Waals surface area contributed by atoms with Crippen LogP contribution in [-0.4, -0.2) is 7.05 Å². The highest BCUT2D eigenvalue weighted by Gasteiger charge is 2.12. The molecule has 4 heteroatoms. The second-order valence-corrected chi connectivity index (χ2v) is 6.81. The Morgan fingerprint density at radius 2 is 1.94 bits per heavy atom. The van der Waals surface area contributed by atoms with Crippen LogP contribution in [0.3, 0.4) is 0 Å². The second-order valence-electron chi connectivity index (χ2n) is 3.81. The third kappa shape index (κ3) is 3.68. The van der Waals surface area contributed by atoms with Crippen molar-refractivity contribution >= 4 is 45.5 Å². The van der Waals surface area contributed by atoms with E-state index in [-0.39, 0.29) is 0 Å². The Balaban J connectivity index is 2.12. The zero-order valence-electron chi connectivity index (χ0n) is 9.41. The van der Waals surface area contributed by atoms with Crippen molar-refractivity contribution < 1.29 is 0 Å². The molecule has 0 aliphatic heterocycles. The summed E-state index contributed by atoms with van der Waals surface area (Å²) in [5.74, 6) is 0. The average molecular weight is 378 g/mol. The number of hydrogen-bond donors (Lipinski definition) is 1. The summed E-state index contributed by atoms with van der Waals surface area (Å²) in [6, 6.07) is 13.0. The first-order chi connectivity index (χ1) is 8.19. The minimum atomic E-state index is 0.340. The Labute approximate surface area is 124 Å². The van der Waals surface area contributed by atoms with Crippen molar-refractivity contribution in [1.29, 1.82) is 0 Å². The van der Waals surface area contributed by atoms with E-state index in [9.17, 15) is 0 Å². The van der Waals surface area contributed by atoms with Gasteiger partial charge in [0.25, 0.3) is 0 Å². The summed E-state index contributed by atoms with van der Waals surface area (Å²) < 4.78 is 2.12. The van der Waals surface area contributed by atoms with Crippen LogP contribution in [0.25, 0.3) is 0 Å². The predicted octanol–water partition coefficient (Wildman–Crippen LogP) is 4.51. The summed E-state index contributed by atoms with van der Waals surface area (Å²) in [7, 11) is 1.99. The van der Waals surface area contributed by atoms with E-state index in [2.05, 4.69) is 58.2 Å². The van der Waals surface area contributed by atoms with Crippen LogP contribution in [0.2, 0.25) is 4.34 Å². The van der Waals surface area contributed by atoms with E-state index >= 15 is 0 Å². The molecule has 17 heavy (non-hydrogen) atoms. The second kappa shape index (κ2) is 6.18. The molecule has 1 atom stereocenters. The molecule has 1 heterocycles. The normalized spacial score (nSPS) is 12.6. The van der Waals surface area contributed by atoms with Crippen molar-refractivity contribution in [2.75, 3.05) is 7.05 Å². The quantitative estimate of drug-likeness (QED) is 0.773. The van der Waals surface area contributed by atoms with Crippen molar-refractivity contribution in [3.8, 4) is 0 Å². The van der Waals surface area contributed by atoms with E-state index in [0.717, 1.165) is 10.8 Å². The minimum absolute atomic E-state index is 0.340. The van der Waals surface area contributed by atoms with E-state index in [0.29, 0.717) is 6.04 Å². The van der Waals surface area contributed by atoms with Gasteiger partial charge in [-0.15, -0.1) is 11.3 Å². The zero-order chi connectivity index (χ0) is 12.3. The number of benzene rings is 1. The molecule has 0 saturated heterocycles. The molecule has 0 bridgehead atoms. The number of nitrogens with one attached hydrogen (secondary N) is 1. The summed E-state index contributed by atoms with van der Waals surface area (Å²) in [6.45, 7) is 0. The van der Waals surface area contributed by atoms with Gasteiger partial charge in [0.05, 0.1) is 4.34 Å². The van der Waals surface area contributed by atoms with Crippen LogP contribution in [0.4, 0.5) is 0 Å². The Kier molecular flexibility index (Phi) is 4.85. The fraction of sp³-hybridized carbons (Fsp3) is 0.231. The highest BCUT2D eigenvalue weighted by molar-refractivity contribution is 14.1. The van der Waals surface area contributed by atoms with Gasteiger partial charge in [0.15, 0.2) is 0 Å². The largest absolute Gasteiger partial charge is 0.312 e. The monoisotopic (exact) mass is 377 g/mol. The van der Waals surface area contributed by atoms with Gasteiger partial charge in [0.2, 0.25) is 0 Å². The molecule has 2 rings (SSSR count). The van der Waals surface area contributed by atoms with Crippen LogP contribution < -0.4 is 5.32 Å². The van der Waals surface area contributed by atoms with Gasteiger partial charge in [0, 0.05) is 14.5 Å². The van der Waals surface area contributed by atoms with Crippen LogP contribution in [0.15, 0.2) is 36.4 Å². The van der Waals surface area contributed by atoms with Crippen molar-refractivity contribution in [2.45, 2.75) is 12.5 Å². The molecule has 1 nitrogen and oxygen atoms in total. The summed E-state index contributed by atoms with van der Waals surface area (Å²) in [5.41, 5.74) is 1.34. The number of halogens is 2. The van der Waals surface area contributed by atoms with E-state index in [1.165, 1.54) is 14.0 Å². The number of hydrogen-bond acceptors (Lipinski definition) is 2. The van der Waals surface area contributed by atoms with Crippen molar-refractivity contribution in [3.05, 3.63) is 54.7 Å². The van der Waals surface area contributed by atoms with Crippen LogP contribution in [0.5, 0.6) is 0 Å². The molecule has 0 amide bonds. The summed E-state index contributed by atoms with van der Waals surface area (Å²) in [4.78, 5) is 1.29. The van der Waals surface area contributed by atoms with E-state index in [1.54, 1.807) is 11.3 Å². The maximum absolute atomic E-state index is 5.97. The van der Waals surface area contributed by atoms with E-state index < -0.39 is 0 Å². The van der Waals surface area contributed by atoms with Gasteiger partial charge in [-0.25, -0.2) is 0 Å². The topological polar surface area (TPSA) is 12.0 Å². The molecule has 1 N–H and O–H groups in total. The summed E-state index contributed by atoms with van der Waals surface area (Å²) in [6.07, 6.45) is 0.990. The van der Waals surface area contributed by atoms with Crippen molar-refractivity contribution in [3.63, 3.8) is 0 Å². The van der Waals surface area contributed by atoms with Gasteiger partial charge in [-0.3, -0.25) is 0 Å². The molecule has 1 unspecified atom stereocenters. The number of likely N-dealkylation sites (N-methyl/N-ethyl adjacent to an activating group) is 1. The third-order valence-corrected chi connectivity index (χ3v) is 4.70. The van der Waals surface area contributed by atoms with Crippen molar-refractivity contribution in [1.82, 2.24) is 5.32 Å². The SMILES string of the molecule is CNC(Cc1ccc(I)cc1)c1ccc(Cl)s1. The van der Waals surface area contributed by atoms with Gasteiger partial charge in [-0.1, -0.05) is 23.7 Å². The molecule has 1 aromatic heterocycles. The standard InChI is InChI=1S/C13H13ClINS/c1-16-11(12-6-7-13(14)17-12)8-9-2-4-10(15)5-3-9/h2-7,11,16H,8H2,1H3. The highest BCUT2D eigenvalue weighted by Crippen LogP contribution is 2.28. The molecule has 0 aliphatic carbocycles. The van der Waals surface area contributed by atoms with Crippen molar-refractivity contribution in [2.24, 2.45) is 0 Å². The molecule has 0 spiro atoms. The molecule has 2 aromatic rings. The molecule has 0 saturated carbocycles. The van der Waals surface area contributed by atoms with Crippen LogP contribution in [-0.2, 0) is 6.42 Å². The van der Waals surface area contributed by atoms with Crippen LogP contribution in [0, 0.1) is 3.57 Å². The first-order valence-electron chi connectivity index (χ1n) is 5.36. The van der Waals surface area contributed by atoms with Gasteiger partial charge in [-0.05, 0) is 65.9 Å². The Morgan fingerprint density at radius 3 is 2.47 bits per heavy atom. The molecule has 0 radical (unpaired) electrons. The predicted molar refractivity (Wildman–Crippen MR) is 84.0 cm³/mol. The molecule has 1 aromatic carbocycles. The smallest absolute Gasteiger partial charge is 0.0931 e. The lowest BCUT2D eigenvalue weighted by atomic mass is 10.1. The maximum Gasteiger partial charge on any atom is 0.0931 e. The lowest BCUT2D eigenvalue weighted by Crippen LogP contribution is -2.17. The van der Waals surface area contributed by atoms with E-state index in [1.807, 2.05) is 13.1 Å². The summed E-state index contributed by atoms with van der Waals surface area (Å²) in [5, 5.41) is 3.34. The Bertz CT molecular complexity index is 480. The molecule has 0 fully saturated rings. The average Bonchev–Trinajstić information content (AvgIpc) is 2.75. The number of rotatable bonds is 4. The molecular weight excluding hydrogens is 365 g/mol. The Hall–Kier alpha value is -0.100. The molecular formula is C13H13ClINS. The molecule has 0 aliphatic rings. The lowest BCUT2D eigenvalue weighted by molar-refractivity contribution is 0.602. The highest BCUT2D eigenvalue weighted by atomic mass is 127. The molecule has 90 valence electrons. The van der Waals surface area contributed by atoms with Gasteiger partial charge in [0.1, 0.15) is 0 Å². The number of thiophene rings is 1. The first-order valence-corrected chi connectivity index (χ1v) is 7.63. The van der Waals surface area contributed by atoms with E-state index in [4.69, 9.17) is 11.6 Å². The van der Waals surface area contributed by atoms with Crippen LogP contribution in [0.1, 0.15) is 16.5 Å². The summed E-state index contributed by atoms with van der Waals surface area (Å²) >= 11 is 9.94. The maximum atomic E-state index is 5.97. The first kappa shape index (κ1) is 13.3. The van der Waals surface area contributed by atoms with Gasteiger partial charge in [-0.2, -0.15) is 0 Å². The van der Waals surface area contributed by atoms with Gasteiger partial charge >= 0.3 is 0 Å².